The van der Waals surface area contributed by atoms with Crippen LogP contribution in [-0.2, 0) is 20.9 Å². The summed E-state index contributed by atoms with van der Waals surface area (Å²) in [4.78, 5) is 71.6. The van der Waals surface area contributed by atoms with Crippen LogP contribution in [0.1, 0.15) is 80.4 Å². The van der Waals surface area contributed by atoms with E-state index in [1.807, 2.05) is 36.9 Å². The summed E-state index contributed by atoms with van der Waals surface area (Å²) in [6.07, 6.45) is 2.93. The number of nitrogens with one attached hydrogen (secondary N) is 4. The van der Waals surface area contributed by atoms with E-state index >= 15 is 0 Å². The smallest absolute Gasteiger partial charge is 0.407 e. The standard InChI is InChI=1S/C45H46N8O7/c1-24(2)36(51-45(58)59-3)42(54)53-20-8-12-35(53)41-47-32-18-17-31-29(38(32)49-41)15-16-30-28-14-13-26(21-27(28)23-60-39(30)31)33-22-46-40(48-33)34-11-7-19-52(34)43(55)37(50-44(56)57)25-9-5-4-6-10-25/h4-6,9-10,13-18,21-22,24,34-37,50H,7-8,11-12,19-20,23H2,1-3H3,(H,46,48)(H,47,49)(H,51,58)(H,56,57)/t34-,35+,36+,37-/m1/s1. The van der Waals surface area contributed by atoms with E-state index in [4.69, 9.17) is 19.4 Å². The van der Waals surface area contributed by atoms with E-state index < -0.39 is 24.3 Å². The Morgan fingerprint density at radius 3 is 2.30 bits per heavy atom. The fourth-order valence-electron chi connectivity index (χ4n) is 9.07. The molecule has 3 aliphatic rings. The van der Waals surface area contributed by atoms with Crippen LogP contribution in [0.4, 0.5) is 9.59 Å². The van der Waals surface area contributed by atoms with E-state index in [1.165, 1.54) is 7.11 Å². The molecule has 4 atom stereocenters. The van der Waals surface area contributed by atoms with E-state index in [0.29, 0.717) is 43.3 Å². The van der Waals surface area contributed by atoms with Gasteiger partial charge in [0.05, 0.1) is 42.1 Å². The number of nitrogens with zero attached hydrogens (tertiary/aromatic N) is 4. The maximum Gasteiger partial charge on any atom is 0.407 e. The maximum atomic E-state index is 13.8. The first-order valence-corrected chi connectivity index (χ1v) is 20.4. The summed E-state index contributed by atoms with van der Waals surface area (Å²) in [6.45, 7) is 5.23. The Bertz CT molecular complexity index is 2640. The van der Waals surface area contributed by atoms with Crippen molar-refractivity contribution in [3.63, 3.8) is 0 Å². The Labute approximate surface area is 345 Å². The number of hydrogen-bond acceptors (Lipinski definition) is 8. The molecule has 308 valence electrons. The van der Waals surface area contributed by atoms with Crippen LogP contribution in [0, 0.1) is 5.92 Å². The summed E-state index contributed by atoms with van der Waals surface area (Å²) < 4.78 is 11.3. The van der Waals surface area contributed by atoms with E-state index in [2.05, 4.69) is 50.9 Å². The molecule has 0 bridgehead atoms. The van der Waals surface area contributed by atoms with Crippen LogP contribution in [-0.4, -0.2) is 85.1 Å². The average molecular weight is 811 g/mol. The monoisotopic (exact) mass is 810 g/mol. The lowest BCUT2D eigenvalue weighted by Gasteiger charge is -2.29. The molecule has 2 saturated heterocycles. The van der Waals surface area contributed by atoms with Gasteiger partial charge in [0.2, 0.25) is 5.91 Å². The first-order chi connectivity index (χ1) is 29.1. The van der Waals surface area contributed by atoms with Crippen molar-refractivity contribution in [1.82, 2.24) is 40.4 Å². The van der Waals surface area contributed by atoms with Gasteiger partial charge in [0.15, 0.2) is 0 Å². The molecule has 0 spiro atoms. The van der Waals surface area contributed by atoms with Crippen LogP contribution in [0.2, 0.25) is 0 Å². The minimum Gasteiger partial charge on any atom is -0.488 e. The SMILES string of the molecule is COC(=O)N[C@H](C(=O)N1CCC[C@H]1c1nc2c(ccc3c4c(ccc32)-c2ccc(-c3cnc([C@H]5CCCN5C(=O)[C@H](NC(=O)O)c5ccccc5)[nH]3)cc2CO4)[nH]1)C(C)C. The number of benzene rings is 4. The molecule has 2 fully saturated rings. The fraction of sp³-hybridized carbons (Fsp3) is 0.333. The molecule has 9 rings (SSSR count). The maximum absolute atomic E-state index is 13.8. The predicted molar refractivity (Wildman–Crippen MR) is 223 cm³/mol. The van der Waals surface area contributed by atoms with Crippen LogP contribution in [0.15, 0.2) is 79.0 Å². The van der Waals surface area contributed by atoms with Gasteiger partial charge in [0.1, 0.15) is 36.1 Å². The number of likely N-dealkylation sites (tertiary alicyclic amines) is 2. The van der Waals surface area contributed by atoms with E-state index in [1.54, 1.807) is 35.4 Å². The first-order valence-electron chi connectivity index (χ1n) is 20.4. The van der Waals surface area contributed by atoms with Gasteiger partial charge in [-0.1, -0.05) is 62.4 Å². The first kappa shape index (κ1) is 38.6. The summed E-state index contributed by atoms with van der Waals surface area (Å²) in [5, 5.41) is 16.5. The quantitative estimate of drug-likeness (QED) is 0.0990. The average Bonchev–Trinajstić information content (AvgIpc) is 4.10. The number of rotatable bonds is 9. The largest absolute Gasteiger partial charge is 0.488 e. The highest BCUT2D eigenvalue weighted by Crippen LogP contribution is 2.45. The molecule has 60 heavy (non-hydrogen) atoms. The zero-order valence-corrected chi connectivity index (χ0v) is 33.5. The van der Waals surface area contributed by atoms with Crippen molar-refractivity contribution in [3.8, 4) is 28.1 Å². The van der Waals surface area contributed by atoms with Crippen molar-refractivity contribution in [2.24, 2.45) is 5.92 Å². The second-order valence-electron chi connectivity index (χ2n) is 16.0. The number of imidazole rings is 2. The molecule has 6 aromatic rings. The molecule has 3 aliphatic heterocycles. The highest BCUT2D eigenvalue weighted by molar-refractivity contribution is 6.09. The number of methoxy groups -OCH3 is 1. The number of alkyl carbamates (subject to hydrolysis) is 1. The molecule has 0 aliphatic carbocycles. The second-order valence-corrected chi connectivity index (χ2v) is 16.0. The minimum atomic E-state index is -1.26. The highest BCUT2D eigenvalue weighted by Gasteiger charge is 2.39. The highest BCUT2D eigenvalue weighted by atomic mass is 16.5. The predicted octanol–water partition coefficient (Wildman–Crippen LogP) is 7.38. The van der Waals surface area contributed by atoms with Gasteiger partial charge in [0.25, 0.3) is 5.91 Å². The minimum absolute atomic E-state index is 0.128. The van der Waals surface area contributed by atoms with Crippen LogP contribution < -0.4 is 15.4 Å². The summed E-state index contributed by atoms with van der Waals surface area (Å²) >= 11 is 0. The Kier molecular flexibility index (Phi) is 10.1. The molecule has 0 radical (unpaired) electrons. The number of carbonyl (C=O) groups is 4. The van der Waals surface area contributed by atoms with E-state index in [-0.39, 0.29) is 29.8 Å². The van der Waals surface area contributed by atoms with Gasteiger partial charge in [-0.25, -0.2) is 19.6 Å². The topological polar surface area (TPSA) is 195 Å². The van der Waals surface area contributed by atoms with Gasteiger partial charge in [-0.15, -0.1) is 0 Å². The molecule has 0 saturated carbocycles. The Morgan fingerprint density at radius 2 is 1.57 bits per heavy atom. The number of carboxylic acid groups (broad SMARTS) is 1. The van der Waals surface area contributed by atoms with Crippen molar-refractivity contribution >= 4 is 45.8 Å². The second kappa shape index (κ2) is 15.7. The Balaban J connectivity index is 0.957. The fourth-order valence-corrected chi connectivity index (χ4v) is 9.07. The zero-order valence-electron chi connectivity index (χ0n) is 33.5. The third kappa shape index (κ3) is 6.92. The van der Waals surface area contributed by atoms with Crippen LogP contribution in [0.3, 0.4) is 0 Å². The molecular formula is C45H46N8O7. The lowest BCUT2D eigenvalue weighted by molar-refractivity contribution is -0.135. The zero-order chi connectivity index (χ0) is 41.7. The third-order valence-corrected chi connectivity index (χ3v) is 12.0. The van der Waals surface area contributed by atoms with Gasteiger partial charge in [-0.05, 0) is 78.1 Å². The molecule has 5 heterocycles. The van der Waals surface area contributed by atoms with Gasteiger partial charge >= 0.3 is 12.2 Å². The van der Waals surface area contributed by atoms with Gasteiger partial charge in [-0.3, -0.25) is 9.59 Å². The lowest BCUT2D eigenvalue weighted by atomic mass is 9.92. The molecular weight excluding hydrogens is 765 g/mol. The van der Waals surface area contributed by atoms with Crippen molar-refractivity contribution in [3.05, 3.63) is 102 Å². The van der Waals surface area contributed by atoms with Crippen LogP contribution in [0.25, 0.3) is 44.2 Å². The third-order valence-electron chi connectivity index (χ3n) is 12.0. The van der Waals surface area contributed by atoms with Crippen molar-refractivity contribution in [2.45, 2.75) is 70.3 Å². The number of carbonyl (C=O) groups excluding carboxylic acids is 3. The number of fused-ring (bicyclic) bond motifs is 7. The Morgan fingerprint density at radius 1 is 0.850 bits per heavy atom. The van der Waals surface area contributed by atoms with Crippen LogP contribution >= 0.6 is 0 Å². The number of hydrogen-bond donors (Lipinski definition) is 5. The van der Waals surface area contributed by atoms with E-state index in [0.717, 1.165) is 74.8 Å². The lowest BCUT2D eigenvalue weighted by Crippen LogP contribution is -2.51. The molecule has 4 aromatic carbocycles. The number of aromatic nitrogens is 4. The van der Waals surface area contributed by atoms with Gasteiger partial charge < -0.3 is 45.0 Å². The van der Waals surface area contributed by atoms with Crippen molar-refractivity contribution < 1.29 is 33.8 Å². The normalized spacial score (nSPS) is 18.2. The number of ether oxygens (including phenoxy) is 2. The van der Waals surface area contributed by atoms with Gasteiger partial charge in [-0.2, -0.15) is 0 Å². The summed E-state index contributed by atoms with van der Waals surface area (Å²) in [7, 11) is 1.29. The summed E-state index contributed by atoms with van der Waals surface area (Å²) in [6, 6.07) is 21.0. The number of amides is 4. The van der Waals surface area contributed by atoms with Gasteiger partial charge in [0, 0.05) is 29.4 Å². The number of aromatic amines is 2. The van der Waals surface area contributed by atoms with Crippen LogP contribution in [0.5, 0.6) is 5.75 Å². The molecule has 15 nitrogen and oxygen atoms in total. The molecule has 5 N–H and O–H groups in total. The Hall–Kier alpha value is -6.90. The molecule has 0 unspecified atom stereocenters. The van der Waals surface area contributed by atoms with Crippen molar-refractivity contribution in [1.29, 1.82) is 0 Å². The molecule has 4 amide bonds. The molecule has 15 heteroatoms. The summed E-state index contributed by atoms with van der Waals surface area (Å²) in [5.41, 5.74) is 7.04. The summed E-state index contributed by atoms with van der Waals surface area (Å²) in [5.74, 6) is 1.55. The van der Waals surface area contributed by atoms with Crippen molar-refractivity contribution in [2.75, 3.05) is 20.2 Å². The number of H-pyrrole nitrogens is 2. The molecule has 2 aromatic heterocycles. The van der Waals surface area contributed by atoms with E-state index in [9.17, 15) is 24.3 Å².